The molecule has 0 radical (unpaired) electrons. The number of methoxy groups -OCH3 is 1. The van der Waals surface area contributed by atoms with E-state index in [1.165, 1.54) is 25.5 Å². The lowest BCUT2D eigenvalue weighted by Crippen LogP contribution is -2.16. The van der Waals surface area contributed by atoms with Crippen molar-refractivity contribution in [1.29, 1.82) is 0 Å². The number of hydrogen-bond acceptors (Lipinski definition) is 6. The van der Waals surface area contributed by atoms with Crippen LogP contribution in [-0.4, -0.2) is 18.2 Å². The SMILES string of the molecule is COc1cc(/C=N\N(Cc2ccccc2)c2ccccc2)cc([N+](=O)[O-])c1[O-]. The molecule has 28 heavy (non-hydrogen) atoms. The maximum Gasteiger partial charge on any atom is 0.266 e. The lowest BCUT2D eigenvalue weighted by Gasteiger charge is -2.19. The van der Waals surface area contributed by atoms with E-state index in [0.717, 1.165) is 11.3 Å². The van der Waals surface area contributed by atoms with Gasteiger partial charge >= 0.3 is 0 Å². The van der Waals surface area contributed by atoms with Crippen LogP contribution in [-0.2, 0) is 6.54 Å². The van der Waals surface area contributed by atoms with E-state index in [-0.39, 0.29) is 5.75 Å². The van der Waals surface area contributed by atoms with Crippen LogP contribution in [0.15, 0.2) is 77.9 Å². The highest BCUT2D eigenvalue weighted by Crippen LogP contribution is 2.34. The van der Waals surface area contributed by atoms with Crippen molar-refractivity contribution in [3.8, 4) is 11.5 Å². The maximum absolute atomic E-state index is 12.0. The second-order valence-corrected chi connectivity index (χ2v) is 5.95. The van der Waals surface area contributed by atoms with Gasteiger partial charge in [-0.15, -0.1) is 0 Å². The fourth-order valence-corrected chi connectivity index (χ4v) is 2.66. The van der Waals surface area contributed by atoms with Crippen molar-refractivity contribution in [3.05, 3.63) is 94.0 Å². The third-order valence-electron chi connectivity index (χ3n) is 4.05. The Balaban J connectivity index is 1.95. The Kier molecular flexibility index (Phi) is 5.86. The van der Waals surface area contributed by atoms with Gasteiger partial charge in [0.05, 0.1) is 30.5 Å². The van der Waals surface area contributed by atoms with Gasteiger partial charge in [-0.2, -0.15) is 5.10 Å². The molecule has 142 valence electrons. The summed E-state index contributed by atoms with van der Waals surface area (Å²) in [6.45, 7) is 0.514. The van der Waals surface area contributed by atoms with E-state index in [9.17, 15) is 15.2 Å². The number of nitro groups is 1. The zero-order valence-corrected chi connectivity index (χ0v) is 15.2. The molecule has 3 aromatic carbocycles. The molecule has 0 heterocycles. The van der Waals surface area contributed by atoms with E-state index in [1.54, 1.807) is 5.01 Å². The smallest absolute Gasteiger partial charge is 0.266 e. The standard InChI is InChI=1S/C21H19N3O4/c1-28-20-13-17(12-19(21(20)25)24(26)27)14-22-23(18-10-6-3-7-11-18)15-16-8-4-2-5-9-16/h2-14,25H,15H2,1H3/p-1/b22-14-. The second kappa shape index (κ2) is 8.68. The fourth-order valence-electron chi connectivity index (χ4n) is 2.66. The van der Waals surface area contributed by atoms with Gasteiger partial charge in [0.2, 0.25) is 0 Å². The summed E-state index contributed by atoms with van der Waals surface area (Å²) in [7, 11) is 1.30. The van der Waals surface area contributed by atoms with Crippen LogP contribution in [0.25, 0.3) is 0 Å². The second-order valence-electron chi connectivity index (χ2n) is 5.95. The Labute approximate surface area is 162 Å². The molecule has 0 spiro atoms. The predicted octanol–water partition coefficient (Wildman–Crippen LogP) is 3.72. The van der Waals surface area contributed by atoms with E-state index >= 15 is 0 Å². The van der Waals surface area contributed by atoms with Gasteiger partial charge in [-0.05, 0) is 23.8 Å². The molecule has 0 amide bonds. The number of hydrogen-bond donors (Lipinski definition) is 0. The first-order valence-electron chi connectivity index (χ1n) is 8.52. The first kappa shape index (κ1) is 18.9. The van der Waals surface area contributed by atoms with Crippen molar-refractivity contribution in [3.63, 3.8) is 0 Å². The van der Waals surface area contributed by atoms with Gasteiger partial charge in [0.15, 0.2) is 0 Å². The van der Waals surface area contributed by atoms with Gasteiger partial charge in [0.25, 0.3) is 5.69 Å². The average Bonchev–Trinajstić information content (AvgIpc) is 2.73. The number of rotatable bonds is 7. The minimum atomic E-state index is -0.756. The highest BCUT2D eigenvalue weighted by Gasteiger charge is 2.13. The number of hydrazone groups is 1. The summed E-state index contributed by atoms with van der Waals surface area (Å²) in [6, 6.07) is 22.0. The van der Waals surface area contributed by atoms with Gasteiger partial charge in [-0.3, -0.25) is 15.1 Å². The van der Waals surface area contributed by atoms with Crippen molar-refractivity contribution < 1.29 is 14.8 Å². The molecule has 3 aromatic rings. The molecule has 0 saturated carbocycles. The number of para-hydroxylation sites is 1. The topological polar surface area (TPSA) is 91.0 Å². The summed E-state index contributed by atoms with van der Waals surface area (Å²) in [5.74, 6) is -0.848. The maximum atomic E-state index is 12.0. The van der Waals surface area contributed by atoms with Gasteiger partial charge < -0.3 is 9.84 Å². The van der Waals surface area contributed by atoms with Crippen LogP contribution in [0.2, 0.25) is 0 Å². The average molecular weight is 376 g/mol. The number of anilines is 1. The lowest BCUT2D eigenvalue weighted by atomic mass is 10.2. The normalized spacial score (nSPS) is 10.8. The van der Waals surface area contributed by atoms with Crippen molar-refractivity contribution in [2.45, 2.75) is 6.54 Å². The Morgan fingerprint density at radius 3 is 2.32 bits per heavy atom. The zero-order valence-electron chi connectivity index (χ0n) is 15.2. The summed E-state index contributed by atoms with van der Waals surface area (Å²) >= 11 is 0. The molecule has 0 atom stereocenters. The zero-order chi connectivity index (χ0) is 19.9. The molecule has 7 nitrogen and oxygen atoms in total. The Hall–Kier alpha value is -3.87. The van der Waals surface area contributed by atoms with E-state index in [2.05, 4.69) is 5.10 Å². The molecule has 0 fully saturated rings. The van der Waals surface area contributed by atoms with Gasteiger partial charge in [-0.1, -0.05) is 48.5 Å². The molecule has 7 heteroatoms. The molecule has 0 aromatic heterocycles. The molecule has 3 rings (SSSR count). The lowest BCUT2D eigenvalue weighted by molar-refractivity contribution is -0.398. The first-order valence-corrected chi connectivity index (χ1v) is 8.52. The molecule has 0 unspecified atom stereocenters. The van der Waals surface area contributed by atoms with Crippen LogP contribution in [0.1, 0.15) is 11.1 Å². The van der Waals surface area contributed by atoms with Crippen molar-refractivity contribution in [2.75, 3.05) is 12.1 Å². The highest BCUT2D eigenvalue weighted by molar-refractivity contribution is 5.83. The Morgan fingerprint density at radius 2 is 1.71 bits per heavy atom. The number of benzene rings is 3. The van der Waals surface area contributed by atoms with Crippen LogP contribution in [0.5, 0.6) is 11.5 Å². The van der Waals surface area contributed by atoms with E-state index in [1.807, 2.05) is 60.7 Å². The number of ether oxygens (including phenoxy) is 1. The monoisotopic (exact) mass is 376 g/mol. The summed E-state index contributed by atoms with van der Waals surface area (Å²) in [6.07, 6.45) is 1.48. The van der Waals surface area contributed by atoms with Crippen LogP contribution in [0, 0.1) is 10.1 Å². The van der Waals surface area contributed by atoms with Gasteiger partial charge in [-0.25, -0.2) is 0 Å². The summed E-state index contributed by atoms with van der Waals surface area (Å²) in [5, 5.41) is 29.4. The quantitative estimate of drug-likeness (QED) is 0.356. The van der Waals surface area contributed by atoms with E-state index in [0.29, 0.717) is 12.1 Å². The van der Waals surface area contributed by atoms with Crippen LogP contribution >= 0.6 is 0 Å². The minimum Gasteiger partial charge on any atom is -0.865 e. The third kappa shape index (κ3) is 4.45. The largest absolute Gasteiger partial charge is 0.865 e. The van der Waals surface area contributed by atoms with Crippen LogP contribution in [0.3, 0.4) is 0 Å². The third-order valence-corrected chi connectivity index (χ3v) is 4.05. The first-order chi connectivity index (χ1) is 13.6. The predicted molar refractivity (Wildman–Crippen MR) is 106 cm³/mol. The Morgan fingerprint density at radius 1 is 1.07 bits per heavy atom. The number of nitrogens with zero attached hydrogens (tertiary/aromatic N) is 3. The molecule has 0 aliphatic carbocycles. The van der Waals surface area contributed by atoms with E-state index < -0.39 is 16.4 Å². The molecular weight excluding hydrogens is 358 g/mol. The minimum absolute atomic E-state index is 0.0926. The molecule has 0 aliphatic heterocycles. The Bertz CT molecular complexity index is 976. The van der Waals surface area contributed by atoms with Crippen molar-refractivity contribution >= 4 is 17.6 Å². The van der Waals surface area contributed by atoms with Crippen LogP contribution < -0.4 is 14.9 Å². The van der Waals surface area contributed by atoms with Crippen molar-refractivity contribution in [2.24, 2.45) is 5.10 Å². The molecule has 0 bridgehead atoms. The molecule has 0 N–H and O–H groups in total. The molecular formula is C21H18N3O4-. The van der Waals surface area contributed by atoms with E-state index in [4.69, 9.17) is 4.74 Å². The van der Waals surface area contributed by atoms with Crippen LogP contribution in [0.4, 0.5) is 11.4 Å². The fraction of sp³-hybridized carbons (Fsp3) is 0.0952. The van der Waals surface area contributed by atoms with Gasteiger partial charge in [0, 0.05) is 17.4 Å². The van der Waals surface area contributed by atoms with Gasteiger partial charge in [0.1, 0.15) is 5.75 Å². The molecule has 0 saturated heterocycles. The molecule has 0 aliphatic rings. The number of nitro benzene ring substituents is 1. The summed E-state index contributed by atoms with van der Waals surface area (Å²) < 4.78 is 4.97. The highest BCUT2D eigenvalue weighted by atomic mass is 16.6. The summed E-state index contributed by atoms with van der Waals surface area (Å²) in [5.41, 5.74) is 1.78. The summed E-state index contributed by atoms with van der Waals surface area (Å²) in [4.78, 5) is 10.4. The van der Waals surface area contributed by atoms with Crippen molar-refractivity contribution in [1.82, 2.24) is 0 Å².